The average Bonchev–Trinajstić information content (AvgIpc) is 2.55. The Bertz CT molecular complexity index is 282. The van der Waals surface area contributed by atoms with E-state index in [1.807, 2.05) is 23.0 Å². The number of hydrogen-bond acceptors (Lipinski definition) is 4. The number of carbonyl (C=O) groups excluding carboxylic acids is 1. The number of primary amides is 1. The van der Waals surface area contributed by atoms with Crippen LogP contribution in [-0.2, 0) is 7.86 Å². The lowest BCUT2D eigenvalue weighted by Crippen LogP contribution is -2.38. The maximum absolute atomic E-state index is 11.3. The first-order valence-electron chi connectivity index (χ1n) is 4.60. The van der Waals surface area contributed by atoms with Crippen molar-refractivity contribution in [3.05, 3.63) is 0 Å². The smallest absolute Gasteiger partial charge is 0.230 e. The lowest BCUT2D eigenvalue weighted by molar-refractivity contribution is -0.121. The van der Waals surface area contributed by atoms with Crippen LogP contribution in [0.25, 0.3) is 0 Å². The molecule has 0 aromatic carbocycles. The van der Waals surface area contributed by atoms with E-state index in [0.29, 0.717) is 0 Å². The maximum Gasteiger partial charge on any atom is 0.230 e. The van der Waals surface area contributed by atoms with E-state index in [2.05, 4.69) is 9.89 Å². The number of halogens is 1. The van der Waals surface area contributed by atoms with Crippen molar-refractivity contribution in [3.63, 3.8) is 0 Å². The largest absolute Gasteiger partial charge is 0.369 e. The van der Waals surface area contributed by atoms with Gasteiger partial charge < -0.3 is 13.7 Å². The summed E-state index contributed by atoms with van der Waals surface area (Å²) in [7, 11) is 0. The van der Waals surface area contributed by atoms with E-state index >= 15 is 0 Å². The zero-order valence-electron chi connectivity index (χ0n) is 7.65. The fourth-order valence-corrected chi connectivity index (χ4v) is 2.48. The summed E-state index contributed by atoms with van der Waals surface area (Å²) in [5.74, 6) is 0.132. The quantitative estimate of drug-likeness (QED) is 0.727. The third kappa shape index (κ3) is 1.60. The second-order valence-electron chi connectivity index (χ2n) is 3.55. The molecule has 2 heterocycles. The van der Waals surface area contributed by atoms with Crippen LogP contribution < -0.4 is 5.73 Å². The van der Waals surface area contributed by atoms with Crippen LogP contribution in [0.2, 0.25) is 0 Å². The van der Waals surface area contributed by atoms with Gasteiger partial charge in [0.15, 0.2) is 0 Å². The molecule has 1 amide bonds. The van der Waals surface area contributed by atoms with Crippen LogP contribution in [0.15, 0.2) is 4.99 Å². The number of nitrogens with zero attached hydrogens (tertiary/aromatic N) is 2. The van der Waals surface area contributed by atoms with Crippen molar-refractivity contribution in [1.82, 2.24) is 4.90 Å². The maximum atomic E-state index is 11.3. The van der Waals surface area contributed by atoms with Crippen LogP contribution in [0.1, 0.15) is 6.42 Å². The number of hydrogen-bond donors (Lipinski definition) is 1. The van der Waals surface area contributed by atoms with Gasteiger partial charge >= 0.3 is 0 Å². The summed E-state index contributed by atoms with van der Waals surface area (Å²) in [6.07, 6.45) is 0.910. The standard InChI is InChI=1S/C8H12IN3O2/c9-14-5-4-12-3-1-2-11-8(12)6(5)7(10)13/h5-6H,1-4H2,(H2,10,13). The first-order valence-corrected chi connectivity index (χ1v) is 5.48. The van der Waals surface area contributed by atoms with Crippen molar-refractivity contribution < 1.29 is 7.86 Å². The Morgan fingerprint density at radius 2 is 2.50 bits per heavy atom. The second-order valence-corrected chi connectivity index (χ2v) is 4.06. The third-order valence-corrected chi connectivity index (χ3v) is 3.31. The van der Waals surface area contributed by atoms with E-state index in [4.69, 9.17) is 8.80 Å². The molecule has 0 aliphatic carbocycles. The van der Waals surface area contributed by atoms with E-state index in [0.717, 1.165) is 31.9 Å². The predicted octanol–water partition coefficient (Wildman–Crippen LogP) is -0.0591. The van der Waals surface area contributed by atoms with Crippen LogP contribution in [0.5, 0.6) is 0 Å². The minimum Gasteiger partial charge on any atom is -0.369 e. The summed E-state index contributed by atoms with van der Waals surface area (Å²) in [6, 6.07) is 0. The summed E-state index contributed by atoms with van der Waals surface area (Å²) in [5, 5.41) is 0. The summed E-state index contributed by atoms with van der Waals surface area (Å²) < 4.78 is 5.22. The Labute approximate surface area is 96.4 Å². The van der Waals surface area contributed by atoms with Crippen LogP contribution >= 0.6 is 23.0 Å². The van der Waals surface area contributed by atoms with Gasteiger partial charge in [-0.25, -0.2) is 0 Å². The normalized spacial score (nSPS) is 31.2. The van der Waals surface area contributed by atoms with Gasteiger partial charge in [0.05, 0.1) is 0 Å². The molecule has 5 nitrogen and oxygen atoms in total. The first-order chi connectivity index (χ1) is 6.74. The third-order valence-electron chi connectivity index (χ3n) is 2.66. The zero-order chi connectivity index (χ0) is 10.1. The number of amides is 1. The van der Waals surface area contributed by atoms with E-state index in [1.165, 1.54) is 0 Å². The fraction of sp³-hybridized carbons (Fsp3) is 0.750. The van der Waals surface area contributed by atoms with Gasteiger partial charge in [-0.05, 0) is 6.42 Å². The zero-order valence-corrected chi connectivity index (χ0v) is 9.81. The molecule has 78 valence electrons. The van der Waals surface area contributed by atoms with Crippen molar-refractivity contribution in [2.75, 3.05) is 19.6 Å². The molecule has 0 aromatic heterocycles. The van der Waals surface area contributed by atoms with Gasteiger partial charge in [-0.3, -0.25) is 9.79 Å². The highest BCUT2D eigenvalue weighted by Gasteiger charge is 2.43. The van der Waals surface area contributed by atoms with E-state index in [-0.39, 0.29) is 17.9 Å². The van der Waals surface area contributed by atoms with Gasteiger partial charge in [-0.2, -0.15) is 0 Å². The van der Waals surface area contributed by atoms with Gasteiger partial charge in [-0.15, -0.1) is 0 Å². The van der Waals surface area contributed by atoms with Gasteiger partial charge in [0, 0.05) is 19.6 Å². The van der Waals surface area contributed by atoms with E-state index in [1.54, 1.807) is 0 Å². The molecule has 6 heteroatoms. The van der Waals surface area contributed by atoms with Gasteiger partial charge in [-0.1, -0.05) is 0 Å². The average molecular weight is 309 g/mol. The van der Waals surface area contributed by atoms with Crippen molar-refractivity contribution in [2.24, 2.45) is 16.6 Å². The molecule has 1 fully saturated rings. The topological polar surface area (TPSA) is 67.9 Å². The van der Waals surface area contributed by atoms with Crippen molar-refractivity contribution in [1.29, 1.82) is 0 Å². The molecule has 0 spiro atoms. The van der Waals surface area contributed by atoms with Crippen molar-refractivity contribution in [2.45, 2.75) is 12.5 Å². The molecule has 2 aliphatic heterocycles. The Balaban J connectivity index is 2.25. The number of fused-ring (bicyclic) bond motifs is 1. The Hall–Kier alpha value is -0.370. The Morgan fingerprint density at radius 1 is 1.71 bits per heavy atom. The molecule has 2 rings (SSSR count). The van der Waals surface area contributed by atoms with E-state index in [9.17, 15) is 4.79 Å². The molecule has 2 aliphatic rings. The van der Waals surface area contributed by atoms with Gasteiger partial charge in [0.1, 0.15) is 40.9 Å². The highest BCUT2D eigenvalue weighted by atomic mass is 127. The summed E-state index contributed by atoms with van der Waals surface area (Å²) in [4.78, 5) is 17.7. The first kappa shape index (κ1) is 10.2. The molecule has 2 N–H and O–H groups in total. The molecule has 14 heavy (non-hydrogen) atoms. The van der Waals surface area contributed by atoms with Crippen LogP contribution in [-0.4, -0.2) is 42.4 Å². The summed E-state index contributed by atoms with van der Waals surface area (Å²) >= 11 is 1.82. The predicted molar refractivity (Wildman–Crippen MR) is 60.1 cm³/mol. The summed E-state index contributed by atoms with van der Waals surface area (Å²) in [6.45, 7) is 2.48. The SMILES string of the molecule is NC(=O)C1C2=NCCCN2CC1OI. The highest BCUT2D eigenvalue weighted by Crippen LogP contribution is 2.26. The van der Waals surface area contributed by atoms with Crippen LogP contribution in [0.4, 0.5) is 0 Å². The minimum absolute atomic E-state index is 0.134. The number of aliphatic imine (C=N–C) groups is 1. The number of amidine groups is 1. The Kier molecular flexibility index (Phi) is 2.91. The monoisotopic (exact) mass is 309 g/mol. The molecule has 2 atom stereocenters. The Morgan fingerprint density at radius 3 is 3.14 bits per heavy atom. The molecule has 1 saturated heterocycles. The fourth-order valence-electron chi connectivity index (χ4n) is 2.03. The van der Waals surface area contributed by atoms with E-state index < -0.39 is 0 Å². The highest BCUT2D eigenvalue weighted by molar-refractivity contribution is 14.1. The minimum atomic E-state index is -0.354. The molecular weight excluding hydrogens is 297 g/mol. The van der Waals surface area contributed by atoms with Crippen molar-refractivity contribution in [3.8, 4) is 0 Å². The molecule has 0 saturated carbocycles. The molecule has 2 unspecified atom stereocenters. The molecule has 0 bridgehead atoms. The lowest BCUT2D eigenvalue weighted by Gasteiger charge is -2.23. The molecule has 0 aromatic rings. The number of carbonyl (C=O) groups is 1. The van der Waals surface area contributed by atoms with Gasteiger partial charge in [0.2, 0.25) is 5.91 Å². The number of rotatable bonds is 2. The molecule has 0 radical (unpaired) electrons. The molecular formula is C8H12IN3O2. The van der Waals surface area contributed by atoms with Gasteiger partial charge in [0.25, 0.3) is 0 Å². The summed E-state index contributed by atoms with van der Waals surface area (Å²) in [5.41, 5.74) is 5.34. The van der Waals surface area contributed by atoms with Crippen molar-refractivity contribution >= 4 is 34.7 Å². The number of nitrogens with two attached hydrogens (primary N) is 1. The van der Waals surface area contributed by atoms with Crippen LogP contribution in [0, 0.1) is 5.92 Å². The second kappa shape index (κ2) is 4.01. The van der Waals surface area contributed by atoms with Crippen LogP contribution in [0.3, 0.4) is 0 Å². The lowest BCUT2D eigenvalue weighted by atomic mass is 10.0.